The summed E-state index contributed by atoms with van der Waals surface area (Å²) >= 11 is 0. The van der Waals surface area contributed by atoms with Crippen molar-refractivity contribution in [2.24, 2.45) is 0 Å². The molecule has 1 aromatic heterocycles. The van der Waals surface area contributed by atoms with Gasteiger partial charge in [0.25, 0.3) is 0 Å². The second-order valence-electron chi connectivity index (χ2n) is 0.814. The number of hydrogen-bond donors (Lipinski definition) is 1. The summed E-state index contributed by atoms with van der Waals surface area (Å²) in [5.41, 5.74) is 0. The van der Waals surface area contributed by atoms with Gasteiger partial charge in [0, 0.05) is 0 Å². The van der Waals surface area contributed by atoms with Gasteiger partial charge in [-0.25, -0.2) is 0 Å². The SMILES string of the molecule is [H-].[Mg+2].[c-]1ccc[nH]1. The zero-order chi connectivity index (χ0) is 3.54. The average Bonchev–Trinajstić information content (AvgIpc) is 1.76. The molecule has 1 N–H and O–H groups in total. The van der Waals surface area contributed by atoms with Crippen molar-refractivity contribution in [1.29, 1.82) is 0 Å². The molecule has 0 saturated heterocycles. The first-order chi connectivity index (χ1) is 2.50. The van der Waals surface area contributed by atoms with Crippen LogP contribution in [0.3, 0.4) is 0 Å². The Labute approximate surface area is 54.4 Å². The van der Waals surface area contributed by atoms with Crippen LogP contribution in [0.4, 0.5) is 0 Å². The molecule has 1 rings (SSSR count). The molecule has 6 heavy (non-hydrogen) atoms. The summed E-state index contributed by atoms with van der Waals surface area (Å²) in [5.74, 6) is 0. The summed E-state index contributed by atoms with van der Waals surface area (Å²) in [7, 11) is 0. The number of nitrogens with one attached hydrogen (secondary N) is 1. The van der Waals surface area contributed by atoms with Gasteiger partial charge in [-0.3, -0.25) is 0 Å². The summed E-state index contributed by atoms with van der Waals surface area (Å²) in [6, 6.07) is 3.71. The van der Waals surface area contributed by atoms with Crippen molar-refractivity contribution < 1.29 is 1.43 Å². The van der Waals surface area contributed by atoms with Gasteiger partial charge < -0.3 is 6.41 Å². The first-order valence-electron chi connectivity index (χ1n) is 1.49. The third-order valence-corrected chi connectivity index (χ3v) is 0.442. The fourth-order valence-electron chi connectivity index (χ4n) is 0.241. The predicted molar refractivity (Wildman–Crippen MR) is 26.5 cm³/mol. The van der Waals surface area contributed by atoms with Gasteiger partial charge >= 0.3 is 23.1 Å². The number of aromatic nitrogens is 1. The first kappa shape index (κ1) is 6.05. The van der Waals surface area contributed by atoms with Crippen LogP contribution in [0.15, 0.2) is 18.3 Å². The number of hydrogen-bond acceptors (Lipinski definition) is 0. The Bertz CT molecular complexity index is 68.2. The average molecular weight is 91.4 g/mol. The van der Waals surface area contributed by atoms with E-state index in [1.165, 1.54) is 0 Å². The van der Waals surface area contributed by atoms with E-state index in [1.54, 1.807) is 0 Å². The summed E-state index contributed by atoms with van der Waals surface area (Å²) in [5, 5.41) is 0. The molecular weight excluding hydrogens is 86.4 g/mol. The van der Waals surface area contributed by atoms with Crippen LogP contribution in [-0.4, -0.2) is 28.0 Å². The van der Waals surface area contributed by atoms with Gasteiger partial charge in [-0.05, 0) is 0 Å². The Balaban J connectivity index is 0. The molecule has 0 aliphatic heterocycles. The zero-order valence-corrected chi connectivity index (χ0v) is 4.85. The molecule has 0 fully saturated rings. The molecule has 0 radical (unpaired) electrons. The quantitative estimate of drug-likeness (QED) is 0.354. The third-order valence-electron chi connectivity index (χ3n) is 0.442. The van der Waals surface area contributed by atoms with Gasteiger partial charge in [-0.1, -0.05) is 0 Å². The van der Waals surface area contributed by atoms with Crippen LogP contribution >= 0.6 is 0 Å². The molecule has 1 heterocycles. The van der Waals surface area contributed by atoms with Crippen molar-refractivity contribution in [3.63, 3.8) is 0 Å². The third kappa shape index (κ3) is 1.47. The van der Waals surface area contributed by atoms with Gasteiger partial charge in [0.15, 0.2) is 0 Å². The molecule has 0 atom stereocenters. The number of aromatic amines is 1. The van der Waals surface area contributed by atoms with E-state index in [0.29, 0.717) is 0 Å². The standard InChI is InChI=1S/C4H4N.Mg.H/c1-2-4-5-3-1;;/h1-3,5H;;/q-1;+2;-1. The maximum Gasteiger partial charge on any atom is 2.00 e. The minimum atomic E-state index is 0. The fourth-order valence-corrected chi connectivity index (χ4v) is 0.241. The van der Waals surface area contributed by atoms with Gasteiger partial charge in [0.1, 0.15) is 0 Å². The van der Waals surface area contributed by atoms with Gasteiger partial charge in [-0.2, -0.15) is 18.3 Å². The molecule has 28 valence electrons. The largest absolute Gasteiger partial charge is 2.00 e. The molecule has 0 aliphatic rings. The molecule has 0 unspecified atom stereocenters. The van der Waals surface area contributed by atoms with Crippen molar-refractivity contribution in [1.82, 2.24) is 4.98 Å². The van der Waals surface area contributed by atoms with Crippen molar-refractivity contribution in [3.8, 4) is 0 Å². The molecule has 0 saturated carbocycles. The van der Waals surface area contributed by atoms with E-state index in [4.69, 9.17) is 0 Å². The van der Waals surface area contributed by atoms with Crippen molar-refractivity contribution >= 4 is 23.1 Å². The van der Waals surface area contributed by atoms with Crippen LogP contribution in [0.5, 0.6) is 0 Å². The summed E-state index contributed by atoms with van der Waals surface area (Å²) < 4.78 is 0. The van der Waals surface area contributed by atoms with E-state index < -0.39 is 0 Å². The summed E-state index contributed by atoms with van der Waals surface area (Å²) in [6.07, 6.45) is 4.56. The first-order valence-corrected chi connectivity index (χ1v) is 1.49. The summed E-state index contributed by atoms with van der Waals surface area (Å²) in [4.78, 5) is 2.74. The Morgan fingerprint density at radius 1 is 1.67 bits per heavy atom. The Morgan fingerprint density at radius 2 is 2.50 bits per heavy atom. The maximum absolute atomic E-state index is 2.74. The van der Waals surface area contributed by atoms with Crippen LogP contribution in [0.25, 0.3) is 0 Å². The van der Waals surface area contributed by atoms with Crippen LogP contribution in [0.1, 0.15) is 1.43 Å². The number of H-pyrrole nitrogens is 1. The van der Waals surface area contributed by atoms with E-state index in [2.05, 4.69) is 11.2 Å². The Morgan fingerprint density at radius 3 is 2.67 bits per heavy atom. The van der Waals surface area contributed by atoms with E-state index in [9.17, 15) is 0 Å². The van der Waals surface area contributed by atoms with Gasteiger partial charge in [0.05, 0.1) is 0 Å². The fraction of sp³-hybridized carbons (Fsp3) is 0. The molecular formula is C4H5MgN. The molecule has 0 bridgehead atoms. The monoisotopic (exact) mass is 91.0 g/mol. The van der Waals surface area contributed by atoms with Crippen LogP contribution in [0, 0.1) is 6.20 Å². The molecule has 1 aromatic rings. The second-order valence-corrected chi connectivity index (χ2v) is 0.814. The molecule has 0 amide bonds. The maximum atomic E-state index is 2.74. The number of rotatable bonds is 0. The van der Waals surface area contributed by atoms with Gasteiger partial charge in [0.2, 0.25) is 0 Å². The normalized spacial score (nSPS) is 6.67. The Kier molecular flexibility index (Phi) is 3.27. The Hall–Kier alpha value is 0.0462. The minimum absolute atomic E-state index is 0. The zero-order valence-electron chi connectivity index (χ0n) is 4.44. The molecule has 1 nitrogen and oxygen atoms in total. The van der Waals surface area contributed by atoms with Crippen molar-refractivity contribution in [2.75, 3.05) is 0 Å². The minimum Gasteiger partial charge on any atom is -1.00 e. The van der Waals surface area contributed by atoms with E-state index >= 15 is 0 Å². The van der Waals surface area contributed by atoms with Gasteiger partial charge in [-0.15, -0.1) is 6.20 Å². The van der Waals surface area contributed by atoms with E-state index in [1.807, 2.05) is 18.3 Å². The second kappa shape index (κ2) is 3.24. The molecule has 2 heteroatoms. The smallest absolute Gasteiger partial charge is 1.00 e. The topological polar surface area (TPSA) is 15.8 Å². The van der Waals surface area contributed by atoms with E-state index in [-0.39, 0.29) is 24.5 Å². The van der Waals surface area contributed by atoms with Crippen molar-refractivity contribution in [2.45, 2.75) is 0 Å². The van der Waals surface area contributed by atoms with Crippen molar-refractivity contribution in [3.05, 3.63) is 24.5 Å². The van der Waals surface area contributed by atoms with Crippen LogP contribution in [0.2, 0.25) is 0 Å². The summed E-state index contributed by atoms with van der Waals surface area (Å²) in [6.45, 7) is 0. The van der Waals surface area contributed by atoms with E-state index in [0.717, 1.165) is 0 Å². The molecule has 0 spiro atoms. The molecule has 0 aromatic carbocycles. The van der Waals surface area contributed by atoms with Crippen LogP contribution in [-0.2, 0) is 0 Å². The molecule has 0 aliphatic carbocycles. The van der Waals surface area contributed by atoms with Crippen LogP contribution < -0.4 is 0 Å². The predicted octanol–water partition coefficient (Wildman–Crippen LogP) is 0.547.